The first-order valence-corrected chi connectivity index (χ1v) is 12.9. The average molecular weight is 500 g/mol. The Morgan fingerprint density at radius 2 is 1.67 bits per heavy atom. The Morgan fingerprint density at radius 3 is 2.24 bits per heavy atom. The van der Waals surface area contributed by atoms with Crippen LogP contribution in [0.25, 0.3) is 0 Å². The van der Waals surface area contributed by atoms with Gasteiger partial charge in [0.1, 0.15) is 11.7 Å². The van der Waals surface area contributed by atoms with Crippen LogP contribution in [0.1, 0.15) is 25.7 Å². The van der Waals surface area contributed by atoms with Crippen molar-refractivity contribution in [2.24, 2.45) is 0 Å². The Labute approximate surface area is 195 Å². The Bertz CT molecular complexity index is 1120. The van der Waals surface area contributed by atoms with Crippen LogP contribution in [-0.2, 0) is 14.6 Å². The third kappa shape index (κ3) is 5.19. The number of rotatable bonds is 5. The molecule has 2 saturated heterocycles. The van der Waals surface area contributed by atoms with Crippen molar-refractivity contribution >= 4 is 39.0 Å². The molecule has 2 fully saturated rings. The van der Waals surface area contributed by atoms with E-state index in [2.05, 4.69) is 15.3 Å². The monoisotopic (exact) mass is 499 g/mol. The lowest BCUT2D eigenvalue weighted by Gasteiger charge is -2.42. The molecule has 12 heteroatoms. The molecule has 1 N–H and O–H groups in total. The predicted molar refractivity (Wildman–Crippen MR) is 120 cm³/mol. The molecule has 0 aliphatic carbocycles. The quantitative estimate of drug-likeness (QED) is 0.675. The second-order valence-corrected chi connectivity index (χ2v) is 10.8. The fourth-order valence-corrected chi connectivity index (χ4v) is 5.05. The van der Waals surface area contributed by atoms with E-state index in [4.69, 9.17) is 11.6 Å². The number of carbonyl (C=O) groups excluding carboxylic acids is 1. The second-order valence-electron chi connectivity index (χ2n) is 8.32. The van der Waals surface area contributed by atoms with Crippen molar-refractivity contribution < 1.29 is 22.0 Å². The summed E-state index contributed by atoms with van der Waals surface area (Å²) in [4.78, 5) is 25.0. The number of hydrogen-bond donors (Lipinski definition) is 1. The standard InChI is InChI=1S/C21H24ClF2N5O3S/c1-33(31,32)15-9-16(23)19(17(24)10-15)27-18-3-2-6-29(20(18)30)14-4-7-28(8-5-14)21-25-11-13(22)12-26-21/h9-12,14,18,27H,2-8H2,1H3/t18-/m0/s1. The number of halogens is 3. The van der Waals surface area contributed by atoms with Crippen molar-refractivity contribution in [2.75, 3.05) is 36.1 Å². The van der Waals surface area contributed by atoms with Gasteiger partial charge in [0.15, 0.2) is 21.5 Å². The van der Waals surface area contributed by atoms with Gasteiger partial charge in [-0.15, -0.1) is 0 Å². The van der Waals surface area contributed by atoms with Gasteiger partial charge in [-0.25, -0.2) is 27.2 Å². The van der Waals surface area contributed by atoms with Crippen molar-refractivity contribution in [1.29, 1.82) is 0 Å². The van der Waals surface area contributed by atoms with Crippen LogP contribution in [0, 0.1) is 11.6 Å². The Balaban J connectivity index is 1.42. The van der Waals surface area contributed by atoms with Gasteiger partial charge in [-0.05, 0) is 37.8 Å². The Kier molecular flexibility index (Phi) is 6.71. The summed E-state index contributed by atoms with van der Waals surface area (Å²) in [5, 5.41) is 3.14. The molecule has 3 heterocycles. The number of anilines is 2. The van der Waals surface area contributed by atoms with E-state index in [1.807, 2.05) is 4.90 Å². The zero-order valence-electron chi connectivity index (χ0n) is 18.0. The summed E-state index contributed by atoms with van der Waals surface area (Å²) in [6.45, 7) is 1.92. The maximum absolute atomic E-state index is 14.5. The molecule has 1 aromatic heterocycles. The van der Waals surface area contributed by atoms with E-state index in [-0.39, 0.29) is 11.9 Å². The molecule has 1 aromatic carbocycles. The lowest BCUT2D eigenvalue weighted by molar-refractivity contribution is -0.137. The number of aromatic nitrogens is 2. The van der Waals surface area contributed by atoms with Crippen LogP contribution in [0.2, 0.25) is 5.02 Å². The number of amides is 1. The van der Waals surface area contributed by atoms with Gasteiger partial charge in [-0.2, -0.15) is 0 Å². The van der Waals surface area contributed by atoms with Gasteiger partial charge in [0.25, 0.3) is 0 Å². The molecular formula is C21H24ClF2N5O3S. The van der Waals surface area contributed by atoms with Gasteiger partial charge in [-0.3, -0.25) is 4.79 Å². The van der Waals surface area contributed by atoms with Crippen LogP contribution < -0.4 is 10.2 Å². The number of benzene rings is 1. The minimum Gasteiger partial charge on any atom is -0.369 e. The third-order valence-corrected chi connectivity index (χ3v) is 7.32. The maximum Gasteiger partial charge on any atom is 0.245 e. The molecule has 2 aromatic rings. The number of hydrogen-bond acceptors (Lipinski definition) is 7. The summed E-state index contributed by atoms with van der Waals surface area (Å²) >= 11 is 5.84. The zero-order chi connectivity index (χ0) is 23.8. The highest BCUT2D eigenvalue weighted by molar-refractivity contribution is 7.90. The van der Waals surface area contributed by atoms with Crippen molar-refractivity contribution in [1.82, 2.24) is 14.9 Å². The molecule has 2 aliphatic rings. The van der Waals surface area contributed by atoms with Crippen molar-refractivity contribution in [2.45, 2.75) is 42.7 Å². The normalized spacial score (nSPS) is 20.2. The fraction of sp³-hybridized carbons (Fsp3) is 0.476. The van der Waals surface area contributed by atoms with E-state index in [1.54, 1.807) is 17.3 Å². The van der Waals surface area contributed by atoms with Crippen LogP contribution in [0.3, 0.4) is 0 Å². The number of nitrogens with zero attached hydrogens (tertiary/aromatic N) is 4. The fourth-order valence-electron chi connectivity index (χ4n) is 4.32. The van der Waals surface area contributed by atoms with Gasteiger partial charge in [0.2, 0.25) is 11.9 Å². The molecule has 1 amide bonds. The molecule has 0 saturated carbocycles. The van der Waals surface area contributed by atoms with Gasteiger partial charge in [-0.1, -0.05) is 11.6 Å². The highest BCUT2D eigenvalue weighted by Crippen LogP contribution is 2.28. The summed E-state index contributed by atoms with van der Waals surface area (Å²) in [6.07, 6.45) is 6.52. The summed E-state index contributed by atoms with van der Waals surface area (Å²) in [7, 11) is -3.76. The first-order valence-electron chi connectivity index (χ1n) is 10.6. The molecule has 0 radical (unpaired) electrons. The van der Waals surface area contributed by atoms with Crippen LogP contribution in [0.15, 0.2) is 29.4 Å². The Morgan fingerprint density at radius 1 is 1.06 bits per heavy atom. The summed E-state index contributed by atoms with van der Waals surface area (Å²) < 4.78 is 52.2. The highest BCUT2D eigenvalue weighted by atomic mass is 35.5. The summed E-state index contributed by atoms with van der Waals surface area (Å²) in [5.74, 6) is -1.72. The van der Waals surface area contributed by atoms with E-state index in [9.17, 15) is 22.0 Å². The third-order valence-electron chi connectivity index (χ3n) is 6.03. The average Bonchev–Trinajstić information content (AvgIpc) is 2.77. The summed E-state index contributed by atoms with van der Waals surface area (Å²) in [6, 6.07) is 0.748. The smallest absolute Gasteiger partial charge is 0.245 e. The van der Waals surface area contributed by atoms with Crippen molar-refractivity contribution in [3.8, 4) is 0 Å². The molecule has 33 heavy (non-hydrogen) atoms. The van der Waals surface area contributed by atoms with Crippen LogP contribution >= 0.6 is 11.6 Å². The number of sulfone groups is 1. The predicted octanol–water partition coefficient (Wildman–Crippen LogP) is 2.88. The first kappa shape index (κ1) is 23.6. The topological polar surface area (TPSA) is 95.5 Å². The molecule has 2 aliphatic heterocycles. The molecule has 0 bridgehead atoms. The minimum absolute atomic E-state index is 0.00737. The van der Waals surface area contributed by atoms with Gasteiger partial charge in [0.05, 0.1) is 22.3 Å². The molecular weight excluding hydrogens is 476 g/mol. The van der Waals surface area contributed by atoms with Gasteiger partial charge < -0.3 is 15.1 Å². The SMILES string of the molecule is CS(=O)(=O)c1cc(F)c(N[C@H]2CCCN(C3CCN(c4ncc(Cl)cn4)CC3)C2=O)c(F)c1. The molecule has 1 atom stereocenters. The highest BCUT2D eigenvalue weighted by Gasteiger charge is 2.36. The first-order chi connectivity index (χ1) is 15.6. The molecule has 0 spiro atoms. The van der Waals surface area contributed by atoms with E-state index in [1.165, 1.54) is 0 Å². The number of likely N-dealkylation sites (tertiary alicyclic amines) is 1. The van der Waals surface area contributed by atoms with Crippen molar-refractivity contribution in [3.05, 3.63) is 41.2 Å². The lowest BCUT2D eigenvalue weighted by Crippen LogP contribution is -2.55. The number of nitrogens with one attached hydrogen (secondary N) is 1. The maximum atomic E-state index is 14.5. The molecule has 0 unspecified atom stereocenters. The molecule has 8 nitrogen and oxygen atoms in total. The Hall–Kier alpha value is -2.53. The molecule has 178 valence electrons. The zero-order valence-corrected chi connectivity index (χ0v) is 19.5. The van der Waals surface area contributed by atoms with Crippen LogP contribution in [0.4, 0.5) is 20.4 Å². The summed E-state index contributed by atoms with van der Waals surface area (Å²) in [5.41, 5.74) is -0.489. The van der Waals surface area contributed by atoms with E-state index < -0.39 is 38.1 Å². The number of carbonyl (C=O) groups is 1. The molecule has 4 rings (SSSR count). The minimum atomic E-state index is -3.76. The van der Waals surface area contributed by atoms with E-state index >= 15 is 0 Å². The van der Waals surface area contributed by atoms with Crippen LogP contribution in [0.5, 0.6) is 0 Å². The van der Waals surface area contributed by atoms with Crippen LogP contribution in [-0.4, -0.2) is 67.2 Å². The van der Waals surface area contributed by atoms with Crippen molar-refractivity contribution in [3.63, 3.8) is 0 Å². The largest absolute Gasteiger partial charge is 0.369 e. The van der Waals surface area contributed by atoms with E-state index in [0.29, 0.717) is 43.4 Å². The van der Waals surface area contributed by atoms with Gasteiger partial charge >= 0.3 is 0 Å². The lowest BCUT2D eigenvalue weighted by atomic mass is 9.97. The van der Waals surface area contributed by atoms with Gasteiger partial charge in [0, 0.05) is 31.9 Å². The van der Waals surface area contributed by atoms with E-state index in [0.717, 1.165) is 31.2 Å². The second kappa shape index (κ2) is 9.38. The number of piperidine rings is 2.